The molecule has 4 aromatic carbocycles. The van der Waals surface area contributed by atoms with Crippen molar-refractivity contribution >= 4 is 183 Å². The number of alkyl carbamates (subject to hydrolysis) is 2. The first-order chi connectivity index (χ1) is 61.1. The molecule has 128 heavy (non-hydrogen) atoms. The number of nitrogens with two attached hydrogens (primary N) is 2. The van der Waals surface area contributed by atoms with E-state index in [1.54, 1.807) is 42.5 Å². The van der Waals surface area contributed by atoms with Crippen molar-refractivity contribution in [2.45, 2.75) is 206 Å². The van der Waals surface area contributed by atoms with Gasteiger partial charge in [0, 0.05) is 109 Å². The highest BCUT2D eigenvalue weighted by Gasteiger charge is 2.18. The van der Waals surface area contributed by atoms with E-state index >= 15 is 0 Å². The van der Waals surface area contributed by atoms with E-state index in [2.05, 4.69) is 124 Å². The Labute approximate surface area is 797 Å². The molecule has 40 heteroatoms. The summed E-state index contributed by atoms with van der Waals surface area (Å²) in [6, 6.07) is 36.4. The van der Waals surface area contributed by atoms with Gasteiger partial charge in [0.05, 0.1) is 39.4 Å². The zero-order valence-corrected chi connectivity index (χ0v) is 83.0. The lowest BCUT2D eigenvalue weighted by Crippen LogP contribution is -2.33. The third kappa shape index (κ3) is 88.6. The number of anilines is 2. The summed E-state index contributed by atoms with van der Waals surface area (Å²) in [4.78, 5) is 133. The Hall–Kier alpha value is -8.06. The lowest BCUT2D eigenvalue weighted by Gasteiger charge is -2.19. The maximum atomic E-state index is 11.9. The molecular weight excluding hydrogens is 1790 g/mol. The number of thiol groups is 4. The highest BCUT2D eigenvalue weighted by atomic mass is 32.2. The molecule has 0 saturated heterocycles. The van der Waals surface area contributed by atoms with E-state index < -0.39 is 27.3 Å². The van der Waals surface area contributed by atoms with E-state index in [0.29, 0.717) is 95.8 Å². The first kappa shape index (κ1) is 124. The number of carbonyl (C=O) groups excluding carboxylic acids is 12. The Morgan fingerprint density at radius 2 is 0.617 bits per heavy atom. The number of rotatable bonds is 53. The lowest BCUT2D eigenvalue weighted by atomic mass is 10.2. The number of unbranched alkanes of at least 4 members (excludes halogenated alkanes) is 14. The average Bonchev–Trinajstić information content (AvgIpc) is 0.856. The SMILES string of the molecule is CC(=O)SCC(=O)NCCCCCN.CC(=O)SCC(=O)NCCCCCNC(=O)OC(C)(C)C.CC(C)(C)OC(=O)NCCCCCN.O=C(CS)NCCCCCNC(=O)Nc1ccccc1.O=C(CS)NCCCCCNC(=O)c1ccccc1.O=C(CS)NCCCCCNC(=S)Nc1ccccc1.O=C(CS)NCCCCCNS(=O)(=O)c1ccccc1. The lowest BCUT2D eigenvalue weighted by molar-refractivity contribution is -0.119. The minimum Gasteiger partial charge on any atom is -0.444 e. The summed E-state index contributed by atoms with van der Waals surface area (Å²) in [5.74, 6) is 0.879. The van der Waals surface area contributed by atoms with Crippen molar-refractivity contribution in [3.63, 3.8) is 0 Å². The summed E-state index contributed by atoms with van der Waals surface area (Å²) in [5, 5.41) is 37.1. The highest BCUT2D eigenvalue weighted by molar-refractivity contribution is 8.14. The maximum absolute atomic E-state index is 11.9. The number of thioether (sulfide) groups is 2. The normalized spacial score (nSPS) is 10.4. The Bertz CT molecular complexity index is 3660. The fourth-order valence-electron chi connectivity index (χ4n) is 9.64. The van der Waals surface area contributed by atoms with Crippen LogP contribution in [-0.4, -0.2) is 221 Å². The summed E-state index contributed by atoms with van der Waals surface area (Å²) in [5.41, 5.74) is 12.2. The summed E-state index contributed by atoms with van der Waals surface area (Å²) in [6.45, 7) is 23.0. The van der Waals surface area contributed by atoms with E-state index in [1.165, 1.54) is 13.8 Å². The topological polar surface area (TPSA) is 478 Å². The predicted molar refractivity (Wildman–Crippen MR) is 538 cm³/mol. The molecule has 0 aliphatic carbocycles. The van der Waals surface area contributed by atoms with Gasteiger partial charge in [0.15, 0.2) is 15.3 Å². The van der Waals surface area contributed by atoms with E-state index in [-0.39, 0.29) is 103 Å². The van der Waals surface area contributed by atoms with Crippen molar-refractivity contribution < 1.29 is 75.4 Å². The number of nitrogens with one attached hydrogen (secondary N) is 14. The molecule has 0 radical (unpaired) electrons. The smallest absolute Gasteiger partial charge is 0.407 e. The molecule has 0 aliphatic heterocycles. The highest BCUT2D eigenvalue weighted by Crippen LogP contribution is 2.12. The van der Waals surface area contributed by atoms with Crippen molar-refractivity contribution in [3.05, 3.63) is 127 Å². The van der Waals surface area contributed by atoms with Crippen molar-refractivity contribution in [2.24, 2.45) is 11.5 Å². The second kappa shape index (κ2) is 84.5. The van der Waals surface area contributed by atoms with Gasteiger partial charge in [0.2, 0.25) is 45.5 Å². The number of carbonyl (C=O) groups is 12. The van der Waals surface area contributed by atoms with Crippen LogP contribution in [0, 0.1) is 0 Å². The molecule has 0 unspecified atom stereocenters. The Balaban J connectivity index is -0.00000143. The van der Waals surface area contributed by atoms with Crippen molar-refractivity contribution in [2.75, 3.05) is 137 Å². The Morgan fingerprint density at radius 3 is 0.938 bits per heavy atom. The van der Waals surface area contributed by atoms with E-state index in [1.807, 2.05) is 120 Å². The minimum absolute atomic E-state index is 0.0142. The van der Waals surface area contributed by atoms with Crippen LogP contribution in [0.3, 0.4) is 0 Å². The summed E-state index contributed by atoms with van der Waals surface area (Å²) in [6.07, 6.45) is 18.8. The van der Waals surface area contributed by atoms with Crippen LogP contribution in [0.1, 0.15) is 201 Å². The van der Waals surface area contributed by atoms with Crippen LogP contribution in [0.5, 0.6) is 0 Å². The molecular formula is C88H148N16O16S8. The number of thiocarbonyl (C=S) groups is 1. The summed E-state index contributed by atoms with van der Waals surface area (Å²) < 4.78 is 36.5. The number of hydrogen-bond acceptors (Lipinski definition) is 25. The maximum Gasteiger partial charge on any atom is 0.407 e. The van der Waals surface area contributed by atoms with Crippen molar-refractivity contribution in [3.8, 4) is 0 Å². The van der Waals surface area contributed by atoms with Crippen molar-refractivity contribution in [1.82, 2.24) is 63.2 Å². The van der Waals surface area contributed by atoms with Gasteiger partial charge in [0.25, 0.3) is 5.91 Å². The minimum atomic E-state index is -3.40. The van der Waals surface area contributed by atoms with Gasteiger partial charge in [-0.05, 0) is 231 Å². The van der Waals surface area contributed by atoms with Crippen LogP contribution in [-0.2, 0) is 57.9 Å². The number of benzene rings is 4. The van der Waals surface area contributed by atoms with Gasteiger partial charge in [-0.25, -0.2) is 27.5 Å². The van der Waals surface area contributed by atoms with E-state index in [0.717, 1.165) is 176 Å². The molecule has 724 valence electrons. The first-order valence-corrected chi connectivity index (χ1v) is 49.7. The van der Waals surface area contributed by atoms with E-state index in [9.17, 15) is 66.0 Å². The molecule has 32 nitrogen and oxygen atoms in total. The largest absolute Gasteiger partial charge is 0.444 e. The molecule has 18 N–H and O–H groups in total. The second-order valence-electron chi connectivity index (χ2n) is 30.0. The number of para-hydroxylation sites is 2. The molecule has 4 aromatic rings. The number of sulfonamides is 1. The zero-order valence-electron chi connectivity index (χ0n) is 76.1. The van der Waals surface area contributed by atoms with Gasteiger partial charge in [-0.2, -0.15) is 50.5 Å². The standard InChI is InChI=1S/C14H21N3O2S.C14H21N3OS2.C14H26N2O4S.C14H20N2O2S.C13H20N2O3S2.C10H22N2O2.C9H18N2O2S/c18-13(11-20)15-9-5-2-6-10-16-14(19)17-12-7-3-1-4-8-12;18-13(11-19)15-9-5-2-6-10-16-14(20)17-12-7-3-1-4-8-12;1-11(17)21-10-12(18)15-8-6-5-7-9-16-13(19)20-14(2,3)4;17-13(11-19)15-9-5-2-6-10-16-14(18)12-7-3-1-4-8-12;16-13(11-19)14-9-5-2-6-10-15-20(17,18)12-7-3-1-4-8-12;1-10(2,3)14-9(13)12-8-6-4-5-7-11;1-8(12)14-7-9(13)11-6-4-2-3-5-10/h1,3-4,7-8,20H,2,5-6,9-11H2,(H,15,18)(H2,16,17,19);1,3-4,7-8,19H,2,5-6,9-11H2,(H,15,18)(H2,16,17,20);5-10H2,1-4H3,(H,15,18)(H,16,19);1,3-4,7-8,19H,2,5-6,9-11H2,(H,15,17)(H,16,18);1,3-4,7-8,15,19H,2,5-6,9-11H2,(H,14,16);4-8,11H2,1-3H3,(H,12,13);2-7,10H2,1H3,(H,11,13). The molecule has 11 amide bonds. The van der Waals surface area contributed by atoms with Gasteiger partial charge < -0.3 is 90.1 Å². The molecule has 0 bridgehead atoms. The molecule has 0 aromatic heterocycles. The van der Waals surface area contributed by atoms with Crippen LogP contribution >= 0.6 is 86.3 Å². The molecule has 0 fully saturated rings. The summed E-state index contributed by atoms with van der Waals surface area (Å²) in [7, 11) is -3.40. The fraction of sp³-hybridized carbons (Fsp3) is 0.580. The van der Waals surface area contributed by atoms with Crippen molar-refractivity contribution in [1.29, 1.82) is 0 Å². The zero-order chi connectivity index (χ0) is 96.2. The number of amides is 11. The van der Waals surface area contributed by atoms with Crippen LogP contribution in [0.15, 0.2) is 126 Å². The second-order valence-corrected chi connectivity index (χ2v) is 35.7. The number of urea groups is 1. The quantitative estimate of drug-likeness (QED) is 0.0111. The monoisotopic (exact) mass is 1940 g/mol. The van der Waals surface area contributed by atoms with E-state index in [4.69, 9.17) is 33.2 Å². The number of hydrogen-bond donors (Lipinski definition) is 20. The van der Waals surface area contributed by atoms with Crippen LogP contribution in [0.4, 0.5) is 25.8 Å². The molecule has 0 aliphatic rings. The molecule has 0 saturated carbocycles. The predicted octanol–water partition coefficient (Wildman–Crippen LogP) is 11.3. The molecule has 0 atom stereocenters. The third-order valence-corrected chi connectivity index (χ3v) is 20.5. The average molecular weight is 1940 g/mol. The summed E-state index contributed by atoms with van der Waals surface area (Å²) >= 11 is 22.7. The van der Waals surface area contributed by atoms with Gasteiger partial charge >= 0.3 is 18.2 Å². The van der Waals surface area contributed by atoms with Crippen LogP contribution < -0.4 is 85.3 Å². The molecule has 0 spiro atoms. The van der Waals surface area contributed by atoms with Crippen LogP contribution in [0.25, 0.3) is 0 Å². The Morgan fingerprint density at radius 1 is 0.344 bits per heavy atom. The fourth-order valence-corrected chi connectivity index (χ4v) is 12.3. The van der Waals surface area contributed by atoms with Gasteiger partial charge in [-0.3, -0.25) is 43.2 Å². The Kier molecular flexibility index (Phi) is 81.9. The first-order valence-electron chi connectivity index (χ1n) is 43.3. The van der Waals surface area contributed by atoms with Gasteiger partial charge in [-0.15, -0.1) is 0 Å². The number of ether oxygens (including phenoxy) is 2. The molecule has 4 rings (SSSR count). The van der Waals surface area contributed by atoms with Gasteiger partial charge in [-0.1, -0.05) is 116 Å². The van der Waals surface area contributed by atoms with Gasteiger partial charge in [0.1, 0.15) is 11.2 Å². The third-order valence-electron chi connectivity index (χ3n) is 16.0. The molecule has 0 heterocycles. The van der Waals surface area contributed by atoms with Crippen LogP contribution in [0.2, 0.25) is 0 Å².